The fourth-order valence-corrected chi connectivity index (χ4v) is 2.05. The third-order valence-corrected chi connectivity index (χ3v) is 3.04. The molecule has 5 heteroatoms. The van der Waals surface area contributed by atoms with Crippen LogP contribution in [0, 0.1) is 6.92 Å². The Kier molecular flexibility index (Phi) is 4.49. The number of amides is 1. The van der Waals surface area contributed by atoms with Gasteiger partial charge in [-0.25, -0.2) is 0 Å². The smallest absolute Gasteiger partial charge is 0.291 e. The molecule has 1 N–H and O–H groups in total. The van der Waals surface area contributed by atoms with E-state index in [4.69, 9.17) is 9.15 Å². The summed E-state index contributed by atoms with van der Waals surface area (Å²) >= 11 is 3.17. The number of benzene rings is 1. The van der Waals surface area contributed by atoms with Gasteiger partial charge in [-0.1, -0.05) is 0 Å². The van der Waals surface area contributed by atoms with Crippen LogP contribution in [0.3, 0.4) is 0 Å². The summed E-state index contributed by atoms with van der Waals surface area (Å²) in [6, 6.07) is 8.85. The van der Waals surface area contributed by atoms with E-state index >= 15 is 0 Å². The molecule has 1 heterocycles. The average Bonchev–Trinajstić information content (AvgIpc) is 2.78. The molecule has 0 atom stereocenters. The molecule has 1 aromatic heterocycles. The summed E-state index contributed by atoms with van der Waals surface area (Å²) < 4.78 is 11.3. The second-order valence-corrected chi connectivity index (χ2v) is 5.48. The van der Waals surface area contributed by atoms with Gasteiger partial charge in [0.1, 0.15) is 5.75 Å². The van der Waals surface area contributed by atoms with Crippen LogP contribution in [-0.4, -0.2) is 12.0 Å². The van der Waals surface area contributed by atoms with Crippen molar-refractivity contribution in [3.63, 3.8) is 0 Å². The minimum atomic E-state index is -0.281. The number of halogens is 1. The van der Waals surface area contributed by atoms with Gasteiger partial charge in [0.15, 0.2) is 10.4 Å². The van der Waals surface area contributed by atoms with Crippen LogP contribution in [0.15, 0.2) is 39.4 Å². The number of hydrogen-bond donors (Lipinski definition) is 1. The Hall–Kier alpha value is -1.75. The van der Waals surface area contributed by atoms with Crippen molar-refractivity contribution >= 4 is 27.5 Å². The molecule has 0 unspecified atom stereocenters. The molecule has 0 spiro atoms. The van der Waals surface area contributed by atoms with Crippen molar-refractivity contribution in [3.8, 4) is 5.75 Å². The lowest BCUT2D eigenvalue weighted by molar-refractivity contribution is 0.0995. The van der Waals surface area contributed by atoms with E-state index < -0.39 is 0 Å². The SMILES string of the molecule is Cc1cc(OC(C)C)ccc1NC(=O)c1ccc(Br)o1. The number of furan rings is 1. The predicted octanol–water partition coefficient (Wildman–Crippen LogP) is 4.39. The number of carbonyl (C=O) groups is 1. The maximum atomic E-state index is 12.0. The van der Waals surface area contributed by atoms with Gasteiger partial charge in [-0.05, 0) is 72.6 Å². The third-order valence-electron chi connectivity index (χ3n) is 2.61. The highest BCUT2D eigenvalue weighted by Gasteiger charge is 2.12. The molecule has 20 heavy (non-hydrogen) atoms. The quantitative estimate of drug-likeness (QED) is 0.899. The summed E-state index contributed by atoms with van der Waals surface area (Å²) in [6.07, 6.45) is 0.121. The van der Waals surface area contributed by atoms with Crippen molar-refractivity contribution in [1.82, 2.24) is 0 Å². The first-order chi connectivity index (χ1) is 9.45. The van der Waals surface area contributed by atoms with Crippen LogP contribution >= 0.6 is 15.9 Å². The zero-order chi connectivity index (χ0) is 14.7. The van der Waals surface area contributed by atoms with E-state index in [1.165, 1.54) is 0 Å². The van der Waals surface area contributed by atoms with E-state index in [1.807, 2.05) is 39.0 Å². The first-order valence-corrected chi connectivity index (χ1v) is 7.09. The molecule has 1 aromatic carbocycles. The topological polar surface area (TPSA) is 51.5 Å². The van der Waals surface area contributed by atoms with Crippen molar-refractivity contribution in [2.24, 2.45) is 0 Å². The molecular weight excluding hydrogens is 322 g/mol. The van der Waals surface area contributed by atoms with Crippen molar-refractivity contribution in [1.29, 1.82) is 0 Å². The Bertz CT molecular complexity index is 619. The molecule has 0 fully saturated rings. The van der Waals surface area contributed by atoms with Gasteiger partial charge in [0.25, 0.3) is 5.91 Å². The van der Waals surface area contributed by atoms with Crippen LogP contribution in [0.4, 0.5) is 5.69 Å². The van der Waals surface area contributed by atoms with Crippen LogP contribution in [0.25, 0.3) is 0 Å². The molecule has 0 radical (unpaired) electrons. The second kappa shape index (κ2) is 6.13. The van der Waals surface area contributed by atoms with Crippen LogP contribution in [0.5, 0.6) is 5.75 Å². The van der Waals surface area contributed by atoms with Gasteiger partial charge in [0.2, 0.25) is 0 Å². The number of nitrogens with one attached hydrogen (secondary N) is 1. The van der Waals surface area contributed by atoms with E-state index in [2.05, 4.69) is 21.2 Å². The van der Waals surface area contributed by atoms with Gasteiger partial charge >= 0.3 is 0 Å². The van der Waals surface area contributed by atoms with Crippen LogP contribution < -0.4 is 10.1 Å². The highest BCUT2D eigenvalue weighted by atomic mass is 79.9. The first-order valence-electron chi connectivity index (χ1n) is 6.29. The number of rotatable bonds is 4. The number of ether oxygens (including phenoxy) is 1. The molecular formula is C15H16BrNO3. The first kappa shape index (κ1) is 14.7. The highest BCUT2D eigenvalue weighted by molar-refractivity contribution is 9.10. The molecule has 4 nitrogen and oxygen atoms in total. The Morgan fingerprint density at radius 3 is 2.60 bits per heavy atom. The van der Waals surface area contributed by atoms with Gasteiger partial charge in [-0.2, -0.15) is 0 Å². The van der Waals surface area contributed by atoms with E-state index in [0.717, 1.165) is 17.0 Å². The molecule has 0 aliphatic carbocycles. The Labute approximate surface area is 126 Å². The summed E-state index contributed by atoms with van der Waals surface area (Å²) in [5.74, 6) is 0.770. The number of anilines is 1. The van der Waals surface area contributed by atoms with E-state index in [9.17, 15) is 4.79 Å². The molecule has 106 valence electrons. The fourth-order valence-electron chi connectivity index (χ4n) is 1.74. The number of hydrogen-bond acceptors (Lipinski definition) is 3. The lowest BCUT2D eigenvalue weighted by atomic mass is 10.2. The van der Waals surface area contributed by atoms with Gasteiger partial charge in [-0.15, -0.1) is 0 Å². The third kappa shape index (κ3) is 3.63. The second-order valence-electron chi connectivity index (χ2n) is 4.70. The lowest BCUT2D eigenvalue weighted by Gasteiger charge is -2.12. The number of carbonyl (C=O) groups excluding carboxylic acids is 1. The van der Waals surface area contributed by atoms with Crippen LogP contribution in [0.1, 0.15) is 30.0 Å². The predicted molar refractivity (Wildman–Crippen MR) is 81.3 cm³/mol. The number of aryl methyl sites for hydroxylation is 1. The van der Waals surface area contributed by atoms with Gasteiger partial charge in [0, 0.05) is 5.69 Å². The molecule has 0 saturated carbocycles. The molecule has 2 rings (SSSR count). The zero-order valence-corrected chi connectivity index (χ0v) is 13.2. The molecule has 0 aliphatic heterocycles. The molecule has 0 aliphatic rings. The monoisotopic (exact) mass is 337 g/mol. The van der Waals surface area contributed by atoms with Gasteiger partial charge in [0.05, 0.1) is 6.10 Å². The zero-order valence-electron chi connectivity index (χ0n) is 11.6. The summed E-state index contributed by atoms with van der Waals surface area (Å²) in [5.41, 5.74) is 1.67. The lowest BCUT2D eigenvalue weighted by Crippen LogP contribution is -2.12. The van der Waals surface area contributed by atoms with E-state index in [-0.39, 0.29) is 17.8 Å². The Morgan fingerprint density at radius 2 is 2.05 bits per heavy atom. The van der Waals surface area contributed by atoms with Crippen LogP contribution in [0.2, 0.25) is 0 Å². The molecule has 2 aromatic rings. The maximum absolute atomic E-state index is 12.0. The summed E-state index contributed by atoms with van der Waals surface area (Å²) in [6.45, 7) is 5.86. The highest BCUT2D eigenvalue weighted by Crippen LogP contribution is 2.23. The van der Waals surface area contributed by atoms with Crippen molar-refractivity contribution in [2.45, 2.75) is 26.9 Å². The summed E-state index contributed by atoms with van der Waals surface area (Å²) in [5, 5.41) is 2.81. The van der Waals surface area contributed by atoms with Crippen molar-refractivity contribution < 1.29 is 13.9 Å². The van der Waals surface area contributed by atoms with E-state index in [1.54, 1.807) is 12.1 Å². The Morgan fingerprint density at radius 1 is 1.30 bits per heavy atom. The standard InChI is InChI=1S/C15H16BrNO3/c1-9(2)19-11-4-5-12(10(3)8-11)17-15(18)13-6-7-14(16)20-13/h4-9H,1-3H3,(H,17,18). The van der Waals surface area contributed by atoms with E-state index in [0.29, 0.717) is 4.67 Å². The van der Waals surface area contributed by atoms with Gasteiger partial charge < -0.3 is 14.5 Å². The fraction of sp³-hybridized carbons (Fsp3) is 0.267. The maximum Gasteiger partial charge on any atom is 0.291 e. The minimum absolute atomic E-state index is 0.121. The Balaban J connectivity index is 2.11. The van der Waals surface area contributed by atoms with Crippen molar-refractivity contribution in [3.05, 3.63) is 46.3 Å². The average molecular weight is 338 g/mol. The normalized spacial score (nSPS) is 10.7. The molecule has 0 bridgehead atoms. The summed E-state index contributed by atoms with van der Waals surface area (Å²) in [7, 11) is 0. The van der Waals surface area contributed by atoms with Gasteiger partial charge in [-0.3, -0.25) is 4.79 Å². The molecule has 1 amide bonds. The minimum Gasteiger partial charge on any atom is -0.491 e. The summed E-state index contributed by atoms with van der Waals surface area (Å²) in [4.78, 5) is 12.0. The molecule has 0 saturated heterocycles. The largest absolute Gasteiger partial charge is 0.491 e. The van der Waals surface area contributed by atoms with Crippen molar-refractivity contribution in [2.75, 3.05) is 5.32 Å². The van der Waals surface area contributed by atoms with Crippen LogP contribution in [-0.2, 0) is 0 Å².